The lowest BCUT2D eigenvalue weighted by molar-refractivity contribution is 0.408. The Balaban J connectivity index is 2.58. The third-order valence-corrected chi connectivity index (χ3v) is 3.55. The number of benzene rings is 1. The Morgan fingerprint density at radius 3 is 2.58 bits per heavy atom. The summed E-state index contributed by atoms with van der Waals surface area (Å²) in [7, 11) is 1.73. The Kier molecular flexibility index (Phi) is 6.38. The van der Waals surface area contributed by atoms with Crippen LogP contribution in [0, 0.1) is 32.1 Å². The molecule has 0 bridgehead atoms. The summed E-state index contributed by atoms with van der Waals surface area (Å²) in [5.41, 5.74) is 5.14. The number of ether oxygens (including phenoxy) is 1. The van der Waals surface area contributed by atoms with E-state index in [1.807, 2.05) is 0 Å². The molecule has 0 aliphatic rings. The highest BCUT2D eigenvalue weighted by Crippen LogP contribution is 2.28. The van der Waals surface area contributed by atoms with E-state index in [9.17, 15) is 0 Å². The molecule has 19 heavy (non-hydrogen) atoms. The molecule has 3 nitrogen and oxygen atoms in total. The normalized spacial score (nSPS) is 10.3. The summed E-state index contributed by atoms with van der Waals surface area (Å²) in [6.45, 7) is 8.24. The zero-order valence-electron chi connectivity index (χ0n) is 12.5. The molecule has 0 amide bonds. The molecule has 0 saturated heterocycles. The Hall–Kier alpha value is -1.53. The smallest absolute Gasteiger partial charge is 0.124 e. The molecule has 0 aromatic heterocycles. The van der Waals surface area contributed by atoms with Crippen LogP contribution >= 0.6 is 0 Å². The van der Waals surface area contributed by atoms with E-state index in [2.05, 4.69) is 38.2 Å². The van der Waals surface area contributed by atoms with Crippen LogP contribution in [0.2, 0.25) is 0 Å². The van der Waals surface area contributed by atoms with Gasteiger partial charge in [0.2, 0.25) is 0 Å². The minimum absolute atomic E-state index is 0.632. The molecule has 0 saturated carbocycles. The minimum Gasteiger partial charge on any atom is -0.496 e. The molecule has 1 rings (SSSR count). The highest BCUT2D eigenvalue weighted by Gasteiger charge is 2.10. The van der Waals surface area contributed by atoms with Gasteiger partial charge >= 0.3 is 0 Å². The molecule has 0 radical (unpaired) electrons. The Morgan fingerprint density at radius 2 is 1.95 bits per heavy atom. The lowest BCUT2D eigenvalue weighted by Crippen LogP contribution is -2.19. The van der Waals surface area contributed by atoms with Crippen molar-refractivity contribution in [2.24, 2.45) is 0 Å². The molecule has 0 aliphatic carbocycles. The van der Waals surface area contributed by atoms with Crippen LogP contribution in [-0.2, 0) is 6.42 Å². The topological polar surface area (TPSA) is 45.0 Å². The second kappa shape index (κ2) is 7.81. The van der Waals surface area contributed by atoms with Gasteiger partial charge in [0.25, 0.3) is 0 Å². The summed E-state index contributed by atoms with van der Waals surface area (Å²) < 4.78 is 5.44. The largest absolute Gasteiger partial charge is 0.496 e. The van der Waals surface area contributed by atoms with Gasteiger partial charge < -0.3 is 10.1 Å². The molecule has 1 N–H and O–H groups in total. The monoisotopic (exact) mass is 260 g/mol. The van der Waals surface area contributed by atoms with Gasteiger partial charge in [-0.05, 0) is 69.0 Å². The number of nitriles is 1. The summed E-state index contributed by atoms with van der Waals surface area (Å²) in [6.07, 6.45) is 2.58. The van der Waals surface area contributed by atoms with Crippen molar-refractivity contribution in [2.45, 2.75) is 40.0 Å². The summed E-state index contributed by atoms with van der Waals surface area (Å²) in [5, 5.41) is 11.8. The first-order valence-electron chi connectivity index (χ1n) is 6.83. The quantitative estimate of drug-likeness (QED) is 0.766. The first-order chi connectivity index (χ1) is 9.11. The van der Waals surface area contributed by atoms with Gasteiger partial charge in [-0.25, -0.2) is 0 Å². The summed E-state index contributed by atoms with van der Waals surface area (Å²) in [6, 6.07) is 4.38. The predicted molar refractivity (Wildman–Crippen MR) is 78.6 cm³/mol. The summed E-state index contributed by atoms with van der Waals surface area (Å²) in [4.78, 5) is 0. The number of methoxy groups -OCH3 is 1. The van der Waals surface area contributed by atoms with Gasteiger partial charge in [-0.1, -0.05) is 6.07 Å². The first-order valence-corrected chi connectivity index (χ1v) is 6.83. The predicted octanol–water partition coefficient (Wildman–Crippen LogP) is 3.06. The van der Waals surface area contributed by atoms with Crippen LogP contribution in [-0.4, -0.2) is 20.2 Å². The van der Waals surface area contributed by atoms with E-state index in [1.54, 1.807) is 7.11 Å². The maximum absolute atomic E-state index is 8.46. The maximum Gasteiger partial charge on any atom is 0.124 e. The lowest BCUT2D eigenvalue weighted by atomic mass is 9.96. The van der Waals surface area contributed by atoms with E-state index in [0.717, 1.165) is 31.7 Å². The Labute approximate surface area is 116 Å². The van der Waals surface area contributed by atoms with Crippen LogP contribution in [0.1, 0.15) is 35.1 Å². The number of rotatable bonds is 7. The number of aryl methyl sites for hydroxylation is 1. The van der Waals surface area contributed by atoms with Crippen molar-refractivity contribution in [3.63, 3.8) is 0 Å². The zero-order chi connectivity index (χ0) is 14.3. The fourth-order valence-corrected chi connectivity index (χ4v) is 2.36. The van der Waals surface area contributed by atoms with Crippen molar-refractivity contribution in [3.05, 3.63) is 28.3 Å². The second-order valence-electron chi connectivity index (χ2n) is 4.90. The molecular weight excluding hydrogens is 236 g/mol. The fraction of sp³-hybridized carbons (Fsp3) is 0.562. The van der Waals surface area contributed by atoms with E-state index >= 15 is 0 Å². The average molecular weight is 260 g/mol. The Morgan fingerprint density at radius 1 is 1.21 bits per heavy atom. The molecule has 0 heterocycles. The van der Waals surface area contributed by atoms with E-state index < -0.39 is 0 Å². The van der Waals surface area contributed by atoms with Crippen molar-refractivity contribution < 1.29 is 4.74 Å². The number of unbranched alkanes of at least 4 members (excludes halogenated alkanes) is 1. The third-order valence-electron chi connectivity index (χ3n) is 3.55. The third kappa shape index (κ3) is 4.25. The van der Waals surface area contributed by atoms with Crippen molar-refractivity contribution >= 4 is 0 Å². The van der Waals surface area contributed by atoms with Gasteiger partial charge in [0, 0.05) is 6.42 Å². The zero-order valence-corrected chi connectivity index (χ0v) is 12.5. The van der Waals surface area contributed by atoms with E-state index in [0.29, 0.717) is 6.42 Å². The molecule has 1 aromatic rings. The molecule has 3 heteroatoms. The molecule has 0 unspecified atom stereocenters. The molecule has 0 fully saturated rings. The minimum atomic E-state index is 0.632. The van der Waals surface area contributed by atoms with Crippen molar-refractivity contribution in [2.75, 3.05) is 20.2 Å². The van der Waals surface area contributed by atoms with Gasteiger partial charge in [-0.3, -0.25) is 0 Å². The second-order valence-corrected chi connectivity index (χ2v) is 4.90. The van der Waals surface area contributed by atoms with Crippen LogP contribution in [0.15, 0.2) is 6.07 Å². The van der Waals surface area contributed by atoms with Crippen LogP contribution in [0.5, 0.6) is 5.75 Å². The summed E-state index contributed by atoms with van der Waals surface area (Å²) in [5.74, 6) is 1.00. The molecule has 0 spiro atoms. The molecule has 0 aliphatic heterocycles. The average Bonchev–Trinajstić information content (AvgIpc) is 2.39. The lowest BCUT2D eigenvalue weighted by Gasteiger charge is -2.15. The van der Waals surface area contributed by atoms with Crippen molar-refractivity contribution in [1.82, 2.24) is 5.32 Å². The molecule has 0 atom stereocenters. The molecule has 1 aromatic carbocycles. The molecular formula is C16H24N2O. The van der Waals surface area contributed by atoms with Gasteiger partial charge in [-0.2, -0.15) is 5.26 Å². The van der Waals surface area contributed by atoms with Crippen LogP contribution in [0.25, 0.3) is 0 Å². The fourth-order valence-electron chi connectivity index (χ4n) is 2.36. The van der Waals surface area contributed by atoms with Gasteiger partial charge in [0.05, 0.1) is 13.2 Å². The standard InChI is InChI=1S/C16H24N2O/c1-12-11-15(7-10-18-9-6-5-8-17)13(2)14(3)16(12)19-4/h11,18H,5-7,9-10H2,1-4H3. The Bertz CT molecular complexity index is 461. The first kappa shape index (κ1) is 15.5. The van der Waals surface area contributed by atoms with Gasteiger partial charge in [0.15, 0.2) is 0 Å². The number of hydrogen-bond donors (Lipinski definition) is 1. The van der Waals surface area contributed by atoms with Gasteiger partial charge in [-0.15, -0.1) is 0 Å². The van der Waals surface area contributed by atoms with E-state index in [4.69, 9.17) is 10.00 Å². The number of nitrogens with one attached hydrogen (secondary N) is 1. The maximum atomic E-state index is 8.46. The van der Waals surface area contributed by atoms with E-state index in [1.165, 1.54) is 22.3 Å². The van der Waals surface area contributed by atoms with E-state index in [-0.39, 0.29) is 0 Å². The summed E-state index contributed by atoms with van der Waals surface area (Å²) >= 11 is 0. The van der Waals surface area contributed by atoms with Crippen LogP contribution < -0.4 is 10.1 Å². The van der Waals surface area contributed by atoms with Crippen molar-refractivity contribution in [1.29, 1.82) is 5.26 Å². The number of hydrogen-bond acceptors (Lipinski definition) is 3. The highest BCUT2D eigenvalue weighted by molar-refractivity contribution is 5.49. The number of nitrogens with zero attached hydrogens (tertiary/aromatic N) is 1. The van der Waals surface area contributed by atoms with Crippen molar-refractivity contribution in [3.8, 4) is 11.8 Å². The van der Waals surface area contributed by atoms with Crippen LogP contribution in [0.3, 0.4) is 0 Å². The SMILES string of the molecule is COc1c(C)cc(CCNCCCC#N)c(C)c1C. The highest BCUT2D eigenvalue weighted by atomic mass is 16.5. The molecule has 104 valence electrons. The van der Waals surface area contributed by atoms with Gasteiger partial charge in [0.1, 0.15) is 5.75 Å². The van der Waals surface area contributed by atoms with Crippen LogP contribution in [0.4, 0.5) is 0 Å².